The Kier molecular flexibility index (Phi) is 3.28. The fourth-order valence-electron chi connectivity index (χ4n) is 1.07. The molecule has 0 unspecified atom stereocenters. The van der Waals surface area contributed by atoms with Crippen LogP contribution in [0.15, 0.2) is 18.8 Å². The second kappa shape index (κ2) is 4.45. The Labute approximate surface area is 87.4 Å². The van der Waals surface area contributed by atoms with E-state index in [2.05, 4.69) is 16.9 Å². The van der Waals surface area contributed by atoms with Gasteiger partial charge in [0.15, 0.2) is 0 Å². The third-order valence-corrected chi connectivity index (χ3v) is 1.85. The fraction of sp³-hybridized carbons (Fsp3) is 0.200. The number of carbonyl (C=O) groups is 1. The number of aliphatic hydroxyl groups is 1. The third kappa shape index (κ3) is 2.25. The molecule has 0 aromatic carbocycles. The predicted molar refractivity (Wildman–Crippen MR) is 55.8 cm³/mol. The second-order valence-corrected chi connectivity index (χ2v) is 2.81. The fourth-order valence-corrected chi connectivity index (χ4v) is 1.07. The molecular weight excluding hydrogens is 196 g/mol. The van der Waals surface area contributed by atoms with Crippen LogP contribution in [0.5, 0.6) is 5.88 Å². The standard InChI is InChI=1S/C10H12N2O3/c1-6(13)7-4-8(9(14)11-2)10(15-3)12-5-7/h4-5,13H,1H2,2-3H3,(H,11,14). The van der Waals surface area contributed by atoms with Crippen molar-refractivity contribution in [1.29, 1.82) is 0 Å². The van der Waals surface area contributed by atoms with Crippen molar-refractivity contribution in [1.82, 2.24) is 10.3 Å². The molecule has 2 N–H and O–H groups in total. The molecule has 15 heavy (non-hydrogen) atoms. The van der Waals surface area contributed by atoms with E-state index in [1.165, 1.54) is 26.4 Å². The van der Waals surface area contributed by atoms with Crippen LogP contribution in [-0.2, 0) is 0 Å². The van der Waals surface area contributed by atoms with Crippen LogP contribution < -0.4 is 10.1 Å². The number of methoxy groups -OCH3 is 1. The van der Waals surface area contributed by atoms with Gasteiger partial charge in [-0.3, -0.25) is 4.79 Å². The van der Waals surface area contributed by atoms with Crippen LogP contribution in [0.25, 0.3) is 5.76 Å². The Morgan fingerprint density at radius 1 is 1.67 bits per heavy atom. The molecule has 0 fully saturated rings. The minimum absolute atomic E-state index is 0.143. The van der Waals surface area contributed by atoms with Crippen molar-refractivity contribution < 1.29 is 14.6 Å². The second-order valence-electron chi connectivity index (χ2n) is 2.81. The molecule has 1 rings (SSSR count). The molecule has 0 saturated heterocycles. The van der Waals surface area contributed by atoms with E-state index in [-0.39, 0.29) is 23.1 Å². The first-order chi connectivity index (χ1) is 7.10. The van der Waals surface area contributed by atoms with Gasteiger partial charge in [-0.1, -0.05) is 6.58 Å². The molecule has 0 aliphatic rings. The monoisotopic (exact) mass is 208 g/mol. The number of nitrogens with zero attached hydrogens (tertiary/aromatic N) is 1. The number of hydrogen-bond acceptors (Lipinski definition) is 4. The average molecular weight is 208 g/mol. The van der Waals surface area contributed by atoms with E-state index in [9.17, 15) is 4.79 Å². The smallest absolute Gasteiger partial charge is 0.256 e. The number of pyridine rings is 1. The van der Waals surface area contributed by atoms with Crippen LogP contribution in [0.1, 0.15) is 15.9 Å². The van der Waals surface area contributed by atoms with Gasteiger partial charge in [-0.25, -0.2) is 4.98 Å². The molecular formula is C10H12N2O3. The minimum Gasteiger partial charge on any atom is -0.508 e. The van der Waals surface area contributed by atoms with Gasteiger partial charge in [-0.2, -0.15) is 0 Å². The summed E-state index contributed by atoms with van der Waals surface area (Å²) in [5.74, 6) is -0.267. The van der Waals surface area contributed by atoms with Crippen LogP contribution in [0, 0.1) is 0 Å². The van der Waals surface area contributed by atoms with Gasteiger partial charge in [-0.05, 0) is 6.07 Å². The van der Waals surface area contributed by atoms with Gasteiger partial charge in [0.05, 0.1) is 7.11 Å². The summed E-state index contributed by atoms with van der Waals surface area (Å²) in [5.41, 5.74) is 0.641. The molecule has 80 valence electrons. The largest absolute Gasteiger partial charge is 0.508 e. The SMILES string of the molecule is C=C(O)c1cnc(OC)c(C(=O)NC)c1. The van der Waals surface area contributed by atoms with Crippen LogP contribution in [0.2, 0.25) is 0 Å². The van der Waals surface area contributed by atoms with Crippen molar-refractivity contribution in [2.45, 2.75) is 0 Å². The number of rotatable bonds is 3. The summed E-state index contributed by atoms with van der Waals surface area (Å²) in [4.78, 5) is 15.3. The lowest BCUT2D eigenvalue weighted by molar-refractivity contribution is 0.0959. The predicted octanol–water partition coefficient (Wildman–Crippen LogP) is 0.978. The highest BCUT2D eigenvalue weighted by molar-refractivity contribution is 5.96. The summed E-state index contributed by atoms with van der Waals surface area (Å²) in [6.07, 6.45) is 1.38. The maximum absolute atomic E-state index is 11.4. The highest BCUT2D eigenvalue weighted by Gasteiger charge is 2.13. The quantitative estimate of drug-likeness (QED) is 0.726. The lowest BCUT2D eigenvalue weighted by Crippen LogP contribution is -2.19. The lowest BCUT2D eigenvalue weighted by Gasteiger charge is -2.07. The lowest BCUT2D eigenvalue weighted by atomic mass is 10.1. The number of aromatic nitrogens is 1. The Morgan fingerprint density at radius 3 is 2.80 bits per heavy atom. The minimum atomic E-state index is -0.331. The zero-order valence-electron chi connectivity index (χ0n) is 8.57. The molecule has 0 radical (unpaired) electrons. The molecule has 1 aromatic rings. The Bertz CT molecular complexity index is 402. The first-order valence-corrected chi connectivity index (χ1v) is 4.24. The van der Waals surface area contributed by atoms with Gasteiger partial charge in [0.2, 0.25) is 5.88 Å². The van der Waals surface area contributed by atoms with Crippen molar-refractivity contribution in [2.24, 2.45) is 0 Å². The molecule has 1 amide bonds. The van der Waals surface area contributed by atoms with Crippen molar-refractivity contribution in [3.05, 3.63) is 30.0 Å². The van der Waals surface area contributed by atoms with Crippen molar-refractivity contribution in [3.8, 4) is 5.88 Å². The molecule has 0 atom stereocenters. The molecule has 5 nitrogen and oxygen atoms in total. The van der Waals surface area contributed by atoms with E-state index in [0.29, 0.717) is 5.56 Å². The van der Waals surface area contributed by atoms with Gasteiger partial charge in [0.25, 0.3) is 5.91 Å². The molecule has 0 bridgehead atoms. The Morgan fingerprint density at radius 2 is 2.33 bits per heavy atom. The van der Waals surface area contributed by atoms with Crippen molar-refractivity contribution in [3.63, 3.8) is 0 Å². The van der Waals surface area contributed by atoms with Crippen molar-refractivity contribution >= 4 is 11.7 Å². The molecule has 0 aliphatic carbocycles. The molecule has 5 heteroatoms. The van der Waals surface area contributed by atoms with E-state index in [1.807, 2.05) is 0 Å². The van der Waals surface area contributed by atoms with E-state index in [1.54, 1.807) is 0 Å². The van der Waals surface area contributed by atoms with Gasteiger partial charge >= 0.3 is 0 Å². The molecule has 0 spiro atoms. The van der Waals surface area contributed by atoms with Gasteiger partial charge < -0.3 is 15.2 Å². The van der Waals surface area contributed by atoms with Crippen molar-refractivity contribution in [2.75, 3.05) is 14.2 Å². The van der Waals surface area contributed by atoms with Crippen LogP contribution in [0.4, 0.5) is 0 Å². The van der Waals surface area contributed by atoms with Crippen LogP contribution in [-0.4, -0.2) is 30.2 Å². The van der Waals surface area contributed by atoms with Crippen LogP contribution >= 0.6 is 0 Å². The van der Waals surface area contributed by atoms with E-state index < -0.39 is 0 Å². The number of hydrogen-bond donors (Lipinski definition) is 2. The normalized spacial score (nSPS) is 9.47. The summed E-state index contributed by atoms with van der Waals surface area (Å²) in [7, 11) is 2.92. The van der Waals surface area contributed by atoms with E-state index in [0.717, 1.165) is 0 Å². The summed E-state index contributed by atoms with van der Waals surface area (Å²) < 4.78 is 4.92. The summed E-state index contributed by atoms with van der Waals surface area (Å²) in [6.45, 7) is 3.35. The molecule has 1 heterocycles. The molecule has 0 aliphatic heterocycles. The van der Waals surface area contributed by atoms with Gasteiger partial charge in [0.1, 0.15) is 11.3 Å². The van der Waals surface area contributed by atoms with Gasteiger partial charge in [-0.15, -0.1) is 0 Å². The topological polar surface area (TPSA) is 71.5 Å². The highest BCUT2D eigenvalue weighted by atomic mass is 16.5. The zero-order valence-corrected chi connectivity index (χ0v) is 8.57. The average Bonchev–Trinajstić information content (AvgIpc) is 2.27. The Hall–Kier alpha value is -2.04. The maximum Gasteiger partial charge on any atom is 0.256 e. The molecule has 0 saturated carbocycles. The number of amides is 1. The number of aliphatic hydroxyl groups excluding tert-OH is 1. The number of nitrogens with one attached hydrogen (secondary N) is 1. The number of carbonyl (C=O) groups excluding carboxylic acids is 1. The zero-order chi connectivity index (χ0) is 11.4. The van der Waals surface area contributed by atoms with Crippen LogP contribution in [0.3, 0.4) is 0 Å². The maximum atomic E-state index is 11.4. The Balaban J connectivity index is 3.25. The summed E-state index contributed by atoms with van der Waals surface area (Å²) in [5, 5.41) is 11.6. The van der Waals surface area contributed by atoms with Gasteiger partial charge in [0, 0.05) is 18.8 Å². The van der Waals surface area contributed by atoms with E-state index in [4.69, 9.17) is 9.84 Å². The summed E-state index contributed by atoms with van der Waals surface area (Å²) in [6, 6.07) is 1.47. The summed E-state index contributed by atoms with van der Waals surface area (Å²) >= 11 is 0. The number of ether oxygens (including phenoxy) is 1. The van der Waals surface area contributed by atoms with E-state index >= 15 is 0 Å². The first-order valence-electron chi connectivity index (χ1n) is 4.24. The third-order valence-electron chi connectivity index (χ3n) is 1.85. The highest BCUT2D eigenvalue weighted by Crippen LogP contribution is 2.18. The first kappa shape index (κ1) is 11.0. The molecule has 1 aromatic heterocycles.